The van der Waals surface area contributed by atoms with Gasteiger partial charge in [0, 0.05) is 0 Å². The zero-order valence-electron chi connectivity index (χ0n) is 11.9. The van der Waals surface area contributed by atoms with E-state index in [1.807, 2.05) is 18.2 Å². The largest absolute Gasteiger partial charge is 0.484 e. The minimum atomic E-state index is -4.46. The van der Waals surface area contributed by atoms with Crippen LogP contribution in [0.1, 0.15) is 11.1 Å². The molecule has 1 N–H and O–H groups in total. The zero-order valence-corrected chi connectivity index (χ0v) is 11.9. The second-order valence-electron chi connectivity index (χ2n) is 4.52. The van der Waals surface area contributed by atoms with Crippen molar-refractivity contribution in [1.29, 1.82) is 0 Å². The number of carbonyl (C=O) groups is 1. The van der Waals surface area contributed by atoms with E-state index in [0.717, 1.165) is 17.7 Å². The molecule has 2 aromatic rings. The first-order chi connectivity index (χ1) is 10.9. The van der Waals surface area contributed by atoms with Crippen molar-refractivity contribution in [3.05, 3.63) is 65.7 Å². The molecule has 0 heterocycles. The molecule has 120 valence electrons. The number of halogens is 3. The van der Waals surface area contributed by atoms with Crippen LogP contribution >= 0.6 is 0 Å². The lowest BCUT2D eigenvalue weighted by Crippen LogP contribution is -2.24. The second kappa shape index (κ2) is 7.44. The molecule has 0 unspecified atom stereocenters. The monoisotopic (exact) mass is 322 g/mol. The molecule has 0 spiro atoms. The van der Waals surface area contributed by atoms with Crippen LogP contribution in [-0.4, -0.2) is 18.7 Å². The number of nitrogens with zero attached hydrogens (tertiary/aromatic N) is 1. The third-order valence-electron chi connectivity index (χ3n) is 2.73. The van der Waals surface area contributed by atoms with E-state index < -0.39 is 24.3 Å². The number of nitrogens with one attached hydrogen (secondary N) is 1. The predicted molar refractivity (Wildman–Crippen MR) is 79.1 cm³/mol. The topological polar surface area (TPSA) is 50.7 Å². The molecule has 1 amide bonds. The summed E-state index contributed by atoms with van der Waals surface area (Å²) < 4.78 is 42.6. The molecule has 0 fully saturated rings. The average Bonchev–Trinajstić information content (AvgIpc) is 2.53. The summed E-state index contributed by atoms with van der Waals surface area (Å²) in [4.78, 5) is 11.5. The molecule has 7 heteroatoms. The highest BCUT2D eigenvalue weighted by atomic mass is 19.4. The molecule has 2 rings (SSSR count). The number of hydrazone groups is 1. The first kappa shape index (κ1) is 16.5. The van der Waals surface area contributed by atoms with Gasteiger partial charge in [0.2, 0.25) is 0 Å². The highest BCUT2D eigenvalue weighted by Crippen LogP contribution is 2.31. The van der Waals surface area contributed by atoms with Crippen molar-refractivity contribution in [2.45, 2.75) is 6.18 Å². The highest BCUT2D eigenvalue weighted by molar-refractivity contribution is 5.82. The van der Waals surface area contributed by atoms with E-state index in [2.05, 4.69) is 10.5 Å². The molecule has 0 aromatic heterocycles. The maximum Gasteiger partial charge on any atom is 0.416 e. The lowest BCUT2D eigenvalue weighted by molar-refractivity contribution is -0.137. The Kier molecular flexibility index (Phi) is 5.35. The Balaban J connectivity index is 1.84. The third-order valence-corrected chi connectivity index (χ3v) is 2.73. The van der Waals surface area contributed by atoms with Crippen molar-refractivity contribution < 1.29 is 22.7 Å². The van der Waals surface area contributed by atoms with E-state index in [0.29, 0.717) is 0 Å². The molecular formula is C16H13F3N2O2. The maximum atomic E-state index is 12.5. The van der Waals surface area contributed by atoms with E-state index in [1.165, 1.54) is 18.3 Å². The molecule has 0 saturated carbocycles. The zero-order chi connectivity index (χ0) is 16.7. The lowest BCUT2D eigenvalue weighted by Gasteiger charge is -2.09. The number of hydrogen-bond acceptors (Lipinski definition) is 3. The Hall–Kier alpha value is -2.83. The van der Waals surface area contributed by atoms with Gasteiger partial charge in [0.15, 0.2) is 6.61 Å². The fraction of sp³-hybridized carbons (Fsp3) is 0.125. The molecule has 0 bridgehead atoms. The van der Waals surface area contributed by atoms with Crippen LogP contribution in [0, 0.1) is 0 Å². The molecule has 0 aliphatic rings. The van der Waals surface area contributed by atoms with Crippen LogP contribution in [0.25, 0.3) is 0 Å². The SMILES string of the molecule is O=C(COc1cccc(C(F)(F)F)c1)N/N=C/c1ccccc1. The summed E-state index contributed by atoms with van der Waals surface area (Å²) >= 11 is 0. The number of carbonyl (C=O) groups excluding carboxylic acids is 1. The van der Waals surface area contributed by atoms with Gasteiger partial charge in [0.1, 0.15) is 5.75 Å². The number of rotatable bonds is 5. The molecule has 0 radical (unpaired) electrons. The first-order valence-corrected chi connectivity index (χ1v) is 6.62. The fourth-order valence-corrected chi connectivity index (χ4v) is 1.66. The van der Waals surface area contributed by atoms with Gasteiger partial charge >= 0.3 is 6.18 Å². The summed E-state index contributed by atoms with van der Waals surface area (Å²) in [7, 11) is 0. The van der Waals surface area contributed by atoms with Gasteiger partial charge in [-0.25, -0.2) is 5.43 Å². The molecule has 0 saturated heterocycles. The smallest absolute Gasteiger partial charge is 0.416 e. The van der Waals surface area contributed by atoms with Gasteiger partial charge < -0.3 is 4.74 Å². The van der Waals surface area contributed by atoms with Crippen LogP contribution in [0.15, 0.2) is 59.7 Å². The van der Waals surface area contributed by atoms with E-state index in [1.54, 1.807) is 12.1 Å². The summed E-state index contributed by atoms with van der Waals surface area (Å²) in [5.74, 6) is -0.614. The molecule has 0 aliphatic carbocycles. The van der Waals surface area contributed by atoms with Crippen LogP contribution in [-0.2, 0) is 11.0 Å². The second-order valence-corrected chi connectivity index (χ2v) is 4.52. The minimum absolute atomic E-state index is 0.0398. The number of ether oxygens (including phenoxy) is 1. The van der Waals surface area contributed by atoms with Gasteiger partial charge in [-0.3, -0.25) is 4.79 Å². The van der Waals surface area contributed by atoms with Crippen LogP contribution in [0.4, 0.5) is 13.2 Å². The molecule has 0 atom stereocenters. The predicted octanol–water partition coefficient (Wildman–Crippen LogP) is 3.23. The molecule has 0 aliphatic heterocycles. The summed E-state index contributed by atoms with van der Waals surface area (Å²) in [6, 6.07) is 13.4. The van der Waals surface area contributed by atoms with E-state index in [9.17, 15) is 18.0 Å². The van der Waals surface area contributed by atoms with Crippen molar-refractivity contribution in [2.24, 2.45) is 5.10 Å². The maximum absolute atomic E-state index is 12.5. The summed E-state index contributed by atoms with van der Waals surface area (Å²) in [5, 5.41) is 3.73. The Bertz CT molecular complexity index is 685. The Morgan fingerprint density at radius 3 is 2.57 bits per heavy atom. The first-order valence-electron chi connectivity index (χ1n) is 6.62. The highest BCUT2D eigenvalue weighted by Gasteiger charge is 2.30. The van der Waals surface area contributed by atoms with Gasteiger partial charge in [-0.2, -0.15) is 18.3 Å². The average molecular weight is 322 g/mol. The summed E-state index contributed by atoms with van der Waals surface area (Å²) in [6.45, 7) is -0.437. The Morgan fingerprint density at radius 1 is 1.13 bits per heavy atom. The minimum Gasteiger partial charge on any atom is -0.484 e. The van der Waals surface area contributed by atoms with Crippen molar-refractivity contribution in [3.63, 3.8) is 0 Å². The van der Waals surface area contributed by atoms with E-state index in [-0.39, 0.29) is 5.75 Å². The molecule has 4 nitrogen and oxygen atoms in total. The fourth-order valence-electron chi connectivity index (χ4n) is 1.66. The van der Waals surface area contributed by atoms with E-state index in [4.69, 9.17) is 4.74 Å². The normalized spacial score (nSPS) is 11.4. The standard InChI is InChI=1S/C16H13F3N2O2/c17-16(18,19)13-7-4-8-14(9-13)23-11-15(22)21-20-10-12-5-2-1-3-6-12/h1-10H,11H2,(H,21,22)/b20-10+. The van der Waals surface area contributed by atoms with Crippen molar-refractivity contribution in [2.75, 3.05) is 6.61 Å². The van der Waals surface area contributed by atoms with Crippen LogP contribution in [0.3, 0.4) is 0 Å². The molecular weight excluding hydrogens is 309 g/mol. The molecule has 2 aromatic carbocycles. The van der Waals surface area contributed by atoms with Gasteiger partial charge in [-0.05, 0) is 23.8 Å². The van der Waals surface area contributed by atoms with E-state index >= 15 is 0 Å². The van der Waals surface area contributed by atoms with Crippen LogP contribution in [0.2, 0.25) is 0 Å². The van der Waals surface area contributed by atoms with Gasteiger partial charge in [0.25, 0.3) is 5.91 Å². The van der Waals surface area contributed by atoms with Crippen LogP contribution in [0.5, 0.6) is 5.75 Å². The third kappa shape index (κ3) is 5.46. The van der Waals surface area contributed by atoms with Gasteiger partial charge in [-0.15, -0.1) is 0 Å². The van der Waals surface area contributed by atoms with Gasteiger partial charge in [-0.1, -0.05) is 36.4 Å². The number of alkyl halides is 3. The number of benzene rings is 2. The van der Waals surface area contributed by atoms with Crippen molar-refractivity contribution >= 4 is 12.1 Å². The number of amides is 1. The van der Waals surface area contributed by atoms with Crippen molar-refractivity contribution in [3.8, 4) is 5.75 Å². The molecule has 23 heavy (non-hydrogen) atoms. The Labute approximate surface area is 130 Å². The summed E-state index contributed by atoms with van der Waals surface area (Å²) in [5.41, 5.74) is 2.19. The summed E-state index contributed by atoms with van der Waals surface area (Å²) in [6.07, 6.45) is -3.01. The number of hydrogen-bond donors (Lipinski definition) is 1. The Morgan fingerprint density at radius 2 is 1.87 bits per heavy atom. The quantitative estimate of drug-likeness (QED) is 0.679. The van der Waals surface area contributed by atoms with Crippen LogP contribution < -0.4 is 10.2 Å². The lowest BCUT2D eigenvalue weighted by atomic mass is 10.2. The van der Waals surface area contributed by atoms with Gasteiger partial charge in [0.05, 0.1) is 11.8 Å². The van der Waals surface area contributed by atoms with Crippen molar-refractivity contribution in [1.82, 2.24) is 5.43 Å².